The molecule has 2 aliphatic rings. The van der Waals surface area contributed by atoms with Gasteiger partial charge in [0.15, 0.2) is 0 Å². The fourth-order valence-electron chi connectivity index (χ4n) is 8.12. The number of aryl methyl sites for hydroxylation is 2. The predicted octanol–water partition coefficient (Wildman–Crippen LogP) is 10.5. The Balaban J connectivity index is 1.26. The Morgan fingerprint density at radius 1 is 0.750 bits per heavy atom. The molecular formula is C42H42N4OPt. The van der Waals surface area contributed by atoms with Crippen LogP contribution in [-0.2, 0) is 43.7 Å². The van der Waals surface area contributed by atoms with Crippen molar-refractivity contribution >= 4 is 28.2 Å². The summed E-state index contributed by atoms with van der Waals surface area (Å²) in [5, 5.41) is 0. The van der Waals surface area contributed by atoms with Crippen LogP contribution in [0.5, 0.6) is 11.5 Å². The maximum atomic E-state index is 6.69. The Kier molecular flexibility index (Phi) is 6.89. The molecule has 4 aromatic carbocycles. The van der Waals surface area contributed by atoms with Gasteiger partial charge in [0, 0.05) is 6.20 Å². The van der Waals surface area contributed by atoms with Crippen molar-refractivity contribution in [3.63, 3.8) is 0 Å². The summed E-state index contributed by atoms with van der Waals surface area (Å²) in [5.74, 6) is 2.54. The number of fused-ring (bicyclic) bond motifs is 5. The first-order chi connectivity index (χ1) is 22.8. The molecule has 0 saturated carbocycles. The number of hydrogen-bond acceptors (Lipinski definition) is 3. The summed E-state index contributed by atoms with van der Waals surface area (Å²) in [6.07, 6.45) is 2.79. The number of hydrogen-bond donors (Lipinski definition) is 0. The van der Waals surface area contributed by atoms with Gasteiger partial charge in [-0.2, -0.15) is 0 Å². The molecule has 0 atom stereocenters. The van der Waals surface area contributed by atoms with Crippen LogP contribution in [0.3, 0.4) is 0 Å². The van der Waals surface area contributed by atoms with Gasteiger partial charge in [-0.15, -0.1) is 0 Å². The second-order valence-electron chi connectivity index (χ2n) is 15.1. The number of anilines is 3. The van der Waals surface area contributed by atoms with Gasteiger partial charge in [0.05, 0.1) is 0 Å². The quantitative estimate of drug-likeness (QED) is 0.178. The third kappa shape index (κ3) is 4.32. The van der Waals surface area contributed by atoms with Crippen LogP contribution >= 0.6 is 0 Å². The zero-order valence-electron chi connectivity index (χ0n) is 29.0. The first-order valence-electron chi connectivity index (χ1n) is 16.7. The Hall–Kier alpha value is -4.21. The van der Waals surface area contributed by atoms with Crippen LogP contribution in [0.4, 0.5) is 17.2 Å². The molecule has 6 aromatic rings. The van der Waals surface area contributed by atoms with Gasteiger partial charge in [0.25, 0.3) is 0 Å². The van der Waals surface area contributed by atoms with E-state index in [1.165, 1.54) is 39.0 Å². The van der Waals surface area contributed by atoms with Crippen LogP contribution in [0.25, 0.3) is 16.7 Å². The molecule has 0 bridgehead atoms. The van der Waals surface area contributed by atoms with E-state index in [0.717, 1.165) is 44.4 Å². The Labute approximate surface area is 294 Å². The van der Waals surface area contributed by atoms with Crippen molar-refractivity contribution in [2.75, 3.05) is 4.90 Å². The normalized spacial score (nSPS) is 16.8. The van der Waals surface area contributed by atoms with Crippen molar-refractivity contribution in [1.82, 2.24) is 14.1 Å². The molecule has 48 heavy (non-hydrogen) atoms. The zero-order chi connectivity index (χ0) is 33.7. The van der Waals surface area contributed by atoms with E-state index >= 15 is 0 Å². The molecule has 8 rings (SSSR count). The monoisotopic (exact) mass is 813 g/mol. The number of aromatic nitrogens is 3. The van der Waals surface area contributed by atoms with Gasteiger partial charge >= 0.3 is 195 Å². The molecule has 0 unspecified atom stereocenters. The number of pyridine rings is 1. The number of benzene rings is 4. The zero-order valence-corrected chi connectivity index (χ0v) is 31.2. The first kappa shape index (κ1) is 31.1. The van der Waals surface area contributed by atoms with Crippen molar-refractivity contribution in [2.24, 2.45) is 12.5 Å². The molecule has 0 saturated heterocycles. The topological polar surface area (TPSA) is 35.2 Å². The summed E-state index contributed by atoms with van der Waals surface area (Å²) >= 11 is 2.40. The van der Waals surface area contributed by atoms with Crippen molar-refractivity contribution in [1.29, 1.82) is 0 Å². The molecule has 0 spiro atoms. The van der Waals surface area contributed by atoms with E-state index in [1.54, 1.807) is 0 Å². The van der Waals surface area contributed by atoms with E-state index in [2.05, 4.69) is 174 Å². The number of imidazole rings is 1. The summed E-state index contributed by atoms with van der Waals surface area (Å²) in [7, 11) is 2.11. The Morgan fingerprint density at radius 2 is 1.48 bits per heavy atom. The molecule has 0 amide bonds. The van der Waals surface area contributed by atoms with E-state index in [0.29, 0.717) is 0 Å². The summed E-state index contributed by atoms with van der Waals surface area (Å²) in [5.41, 5.74) is 12.5. The van der Waals surface area contributed by atoms with E-state index < -0.39 is 0 Å². The van der Waals surface area contributed by atoms with Crippen molar-refractivity contribution in [3.05, 3.63) is 129 Å². The summed E-state index contributed by atoms with van der Waals surface area (Å²) in [6, 6.07) is 32.5. The van der Waals surface area contributed by atoms with Crippen LogP contribution in [0, 0.1) is 16.1 Å². The molecule has 3 heterocycles. The van der Waals surface area contributed by atoms with Crippen molar-refractivity contribution < 1.29 is 24.1 Å². The second-order valence-corrected chi connectivity index (χ2v) is 16.1. The molecule has 0 N–H and O–H groups in total. The average Bonchev–Trinajstić information content (AvgIpc) is 3.37. The fraction of sp³-hybridized carbons (Fsp3) is 0.286. The summed E-state index contributed by atoms with van der Waals surface area (Å²) < 4.78 is 12.3. The number of para-hydroxylation sites is 2. The summed E-state index contributed by atoms with van der Waals surface area (Å²) in [6.45, 7) is 16.7. The first-order valence-corrected chi connectivity index (χ1v) is 17.9. The number of nitrogens with zero attached hydrogens (tertiary/aromatic N) is 4. The number of rotatable bonds is 4. The third-order valence-electron chi connectivity index (χ3n) is 11.9. The van der Waals surface area contributed by atoms with E-state index in [-0.39, 0.29) is 16.2 Å². The second kappa shape index (κ2) is 10.6. The van der Waals surface area contributed by atoms with Gasteiger partial charge in [-0.1, -0.05) is 53.7 Å². The smallest absolute Gasteiger partial charge is 0.0582 e. The fourth-order valence-corrected chi connectivity index (χ4v) is 8.96. The van der Waals surface area contributed by atoms with Gasteiger partial charge in [-0.25, -0.2) is 0 Å². The van der Waals surface area contributed by atoms with Crippen LogP contribution in [-0.4, -0.2) is 14.1 Å². The average molecular weight is 814 g/mol. The molecule has 6 heteroatoms. The van der Waals surface area contributed by atoms with Crippen LogP contribution in [0.1, 0.15) is 69.4 Å². The van der Waals surface area contributed by atoms with Crippen LogP contribution < -0.4 is 9.64 Å². The van der Waals surface area contributed by atoms with E-state index in [9.17, 15) is 0 Å². The van der Waals surface area contributed by atoms with E-state index in [1.807, 2.05) is 12.3 Å². The Morgan fingerprint density at radius 3 is 2.25 bits per heavy atom. The minimum atomic E-state index is -0.0673. The third-order valence-corrected chi connectivity index (χ3v) is 13.2. The van der Waals surface area contributed by atoms with Gasteiger partial charge in [0.2, 0.25) is 0 Å². The predicted molar refractivity (Wildman–Crippen MR) is 192 cm³/mol. The molecule has 5 nitrogen and oxygen atoms in total. The number of ether oxygens (including phenoxy) is 1. The molecule has 0 fully saturated rings. The molecule has 0 radical (unpaired) electrons. The Bertz CT molecular complexity index is 2340. The van der Waals surface area contributed by atoms with Crippen molar-refractivity contribution in [3.8, 4) is 17.2 Å². The summed E-state index contributed by atoms with van der Waals surface area (Å²) in [4.78, 5) is 7.39. The van der Waals surface area contributed by atoms with Gasteiger partial charge in [-0.05, 0) is 40.4 Å². The minimum Gasteiger partial charge on any atom is -0.0582 e. The maximum absolute atomic E-state index is 6.69. The molecule has 1 aliphatic carbocycles. The van der Waals surface area contributed by atoms with Crippen LogP contribution in [0.15, 0.2) is 97.2 Å². The molecule has 2 aromatic heterocycles. The van der Waals surface area contributed by atoms with Gasteiger partial charge in [0.1, 0.15) is 0 Å². The van der Waals surface area contributed by atoms with Crippen LogP contribution in [0.2, 0.25) is 0 Å². The minimum absolute atomic E-state index is 0.00274. The van der Waals surface area contributed by atoms with Gasteiger partial charge in [-0.3, -0.25) is 0 Å². The molecule has 246 valence electrons. The standard InChI is InChI=1S/C42H42N4O.Pt/c1-27-20-21-43-37(22-27)46-36-25-32(47-31-13-11-12-30(24-31)45-26-44(8)34-14-9-10-15-35(34)45)18-16-28(36)23-29-17-19-33-38(39(29)46)41(4,5)42(6,7)40(33,2)3;/h9-22,24-25H,23H2,1-8H3;. The van der Waals surface area contributed by atoms with Gasteiger partial charge < -0.3 is 0 Å². The van der Waals surface area contributed by atoms with E-state index in [4.69, 9.17) is 9.72 Å². The molecular weight excluding hydrogens is 772 g/mol. The van der Waals surface area contributed by atoms with Crippen molar-refractivity contribution in [2.45, 2.75) is 65.7 Å². The molecule has 1 aliphatic heterocycles. The SMILES string of the molecule is Cc1ccnc(N2c3cc(Oc4cccc(-n5[c](=[Pt])n(C)c6ccccc65)c4)ccc3Cc3ccc4c(c32)C(C)(C)C(C)(C)C4(C)C)c1.